The van der Waals surface area contributed by atoms with Crippen LogP contribution in [0.1, 0.15) is 24.4 Å². The van der Waals surface area contributed by atoms with E-state index in [4.69, 9.17) is 10.6 Å². The number of nitrogens with two attached hydrogens (primary N) is 1. The van der Waals surface area contributed by atoms with E-state index in [1.807, 2.05) is 0 Å². The van der Waals surface area contributed by atoms with Crippen molar-refractivity contribution in [3.63, 3.8) is 0 Å². The van der Waals surface area contributed by atoms with E-state index in [0.717, 1.165) is 19.4 Å². The predicted molar refractivity (Wildman–Crippen MR) is 53.2 cm³/mol. The number of ether oxygens (including phenoxy) is 1. The zero-order valence-electron chi connectivity index (χ0n) is 8.32. The Labute approximate surface area is 87.6 Å². The van der Waals surface area contributed by atoms with Gasteiger partial charge in [0.2, 0.25) is 0 Å². The van der Waals surface area contributed by atoms with Crippen molar-refractivity contribution in [3.8, 4) is 0 Å². The first-order valence-corrected chi connectivity index (χ1v) is 5.00. The third kappa shape index (κ3) is 2.14. The molecular weight excluding hydrogens is 197 g/mol. The number of aromatic nitrogens is 1. The summed E-state index contributed by atoms with van der Waals surface area (Å²) in [6, 6.07) is 1.33. The van der Waals surface area contributed by atoms with Gasteiger partial charge in [-0.15, -0.1) is 0 Å². The number of nitrogens with zero attached hydrogens (tertiary/aromatic N) is 1. The van der Waals surface area contributed by atoms with Gasteiger partial charge in [0.15, 0.2) is 0 Å². The molecule has 2 heterocycles. The predicted octanol–water partition coefficient (Wildman–Crippen LogP) is 0.904. The molecule has 5 heteroatoms. The molecule has 0 aliphatic carbocycles. The molecule has 1 saturated heterocycles. The Morgan fingerprint density at radius 3 is 3.13 bits per heavy atom. The van der Waals surface area contributed by atoms with Crippen molar-refractivity contribution in [3.05, 3.63) is 29.8 Å². The molecule has 1 aliphatic rings. The molecule has 0 radical (unpaired) electrons. The fourth-order valence-corrected chi connectivity index (χ4v) is 1.90. The van der Waals surface area contributed by atoms with E-state index in [1.165, 1.54) is 6.20 Å². The SMILES string of the molecule is NNC(c1ccncc1F)C1CCCO1. The van der Waals surface area contributed by atoms with Gasteiger partial charge in [-0.25, -0.2) is 4.39 Å². The van der Waals surface area contributed by atoms with E-state index in [1.54, 1.807) is 12.3 Å². The van der Waals surface area contributed by atoms with Crippen LogP contribution in [0.4, 0.5) is 4.39 Å². The first-order valence-electron chi connectivity index (χ1n) is 5.00. The van der Waals surface area contributed by atoms with Crippen LogP contribution in [0.15, 0.2) is 18.5 Å². The maximum Gasteiger partial charge on any atom is 0.146 e. The monoisotopic (exact) mass is 211 g/mol. The molecule has 0 spiro atoms. The van der Waals surface area contributed by atoms with Gasteiger partial charge in [-0.05, 0) is 18.9 Å². The summed E-state index contributed by atoms with van der Waals surface area (Å²) in [5, 5.41) is 0. The Bertz CT molecular complexity index is 328. The molecule has 82 valence electrons. The Kier molecular flexibility index (Phi) is 3.25. The molecule has 0 amide bonds. The Morgan fingerprint density at radius 1 is 1.67 bits per heavy atom. The number of pyridine rings is 1. The molecule has 0 bridgehead atoms. The number of hydrazine groups is 1. The van der Waals surface area contributed by atoms with Crippen LogP contribution in [0.2, 0.25) is 0 Å². The van der Waals surface area contributed by atoms with Crippen LogP contribution in [-0.4, -0.2) is 17.7 Å². The molecule has 1 fully saturated rings. The van der Waals surface area contributed by atoms with Crippen molar-refractivity contribution in [2.75, 3.05) is 6.61 Å². The molecule has 1 aromatic heterocycles. The Balaban J connectivity index is 2.22. The summed E-state index contributed by atoms with van der Waals surface area (Å²) in [5.74, 6) is 5.09. The second-order valence-corrected chi connectivity index (χ2v) is 3.59. The standard InChI is InChI=1S/C10H14FN3O/c11-8-6-13-4-3-7(8)10(14-12)9-2-1-5-15-9/h3-4,6,9-10,14H,1-2,5,12H2. The smallest absolute Gasteiger partial charge is 0.146 e. The minimum Gasteiger partial charge on any atom is -0.376 e. The van der Waals surface area contributed by atoms with Crippen molar-refractivity contribution in [2.45, 2.75) is 25.0 Å². The molecule has 2 unspecified atom stereocenters. The minimum atomic E-state index is -0.351. The third-order valence-corrected chi connectivity index (χ3v) is 2.66. The molecule has 2 atom stereocenters. The molecule has 3 N–H and O–H groups in total. The summed E-state index contributed by atoms with van der Waals surface area (Å²) in [4.78, 5) is 3.70. The van der Waals surface area contributed by atoms with Gasteiger partial charge < -0.3 is 4.74 Å². The number of hydrogen-bond acceptors (Lipinski definition) is 4. The molecule has 0 aromatic carbocycles. The lowest BCUT2D eigenvalue weighted by Gasteiger charge is -2.22. The van der Waals surface area contributed by atoms with E-state index >= 15 is 0 Å². The maximum absolute atomic E-state index is 13.5. The van der Waals surface area contributed by atoms with Gasteiger partial charge in [0.25, 0.3) is 0 Å². The largest absolute Gasteiger partial charge is 0.376 e. The molecule has 15 heavy (non-hydrogen) atoms. The fraction of sp³-hybridized carbons (Fsp3) is 0.500. The van der Waals surface area contributed by atoms with E-state index < -0.39 is 0 Å². The summed E-state index contributed by atoms with van der Waals surface area (Å²) in [6.07, 6.45) is 4.59. The maximum atomic E-state index is 13.5. The average molecular weight is 211 g/mol. The third-order valence-electron chi connectivity index (χ3n) is 2.66. The second kappa shape index (κ2) is 4.65. The highest BCUT2D eigenvalue weighted by Crippen LogP contribution is 2.27. The van der Waals surface area contributed by atoms with E-state index in [9.17, 15) is 4.39 Å². The molecule has 2 rings (SSSR count). The highest BCUT2D eigenvalue weighted by atomic mass is 19.1. The van der Waals surface area contributed by atoms with Crippen molar-refractivity contribution >= 4 is 0 Å². The summed E-state index contributed by atoms with van der Waals surface area (Å²) in [6.45, 7) is 0.718. The lowest BCUT2D eigenvalue weighted by Crippen LogP contribution is -2.36. The van der Waals surface area contributed by atoms with Crippen molar-refractivity contribution in [1.29, 1.82) is 0 Å². The van der Waals surface area contributed by atoms with Crippen LogP contribution in [-0.2, 0) is 4.74 Å². The van der Waals surface area contributed by atoms with E-state index in [0.29, 0.717) is 5.56 Å². The van der Waals surface area contributed by atoms with E-state index in [-0.39, 0.29) is 18.0 Å². The summed E-state index contributed by atoms with van der Waals surface area (Å²) in [5.41, 5.74) is 3.12. The normalized spacial score (nSPS) is 22.9. The van der Waals surface area contributed by atoms with Gasteiger partial charge in [-0.3, -0.25) is 16.3 Å². The lowest BCUT2D eigenvalue weighted by molar-refractivity contribution is 0.0771. The molecule has 0 saturated carbocycles. The first-order chi connectivity index (χ1) is 7.33. The average Bonchev–Trinajstić information content (AvgIpc) is 2.75. The lowest BCUT2D eigenvalue weighted by atomic mass is 10.0. The zero-order chi connectivity index (χ0) is 10.7. The summed E-state index contributed by atoms with van der Waals surface area (Å²) >= 11 is 0. The van der Waals surface area contributed by atoms with Crippen LogP contribution in [0.25, 0.3) is 0 Å². The molecule has 1 aromatic rings. The molecule has 1 aliphatic heterocycles. The van der Waals surface area contributed by atoms with Gasteiger partial charge >= 0.3 is 0 Å². The van der Waals surface area contributed by atoms with Crippen LogP contribution in [0, 0.1) is 5.82 Å². The number of hydrogen-bond donors (Lipinski definition) is 2. The van der Waals surface area contributed by atoms with Crippen LogP contribution < -0.4 is 11.3 Å². The van der Waals surface area contributed by atoms with Gasteiger partial charge in [0.05, 0.1) is 18.3 Å². The zero-order valence-corrected chi connectivity index (χ0v) is 8.32. The number of nitrogens with one attached hydrogen (secondary N) is 1. The highest BCUT2D eigenvalue weighted by Gasteiger charge is 2.28. The number of halogens is 1. The van der Waals surface area contributed by atoms with Crippen molar-refractivity contribution in [1.82, 2.24) is 10.4 Å². The van der Waals surface area contributed by atoms with Gasteiger partial charge in [0, 0.05) is 18.4 Å². The molecular formula is C10H14FN3O. The van der Waals surface area contributed by atoms with Crippen molar-refractivity contribution < 1.29 is 9.13 Å². The van der Waals surface area contributed by atoms with Crippen LogP contribution in [0.5, 0.6) is 0 Å². The highest BCUT2D eigenvalue weighted by molar-refractivity contribution is 5.18. The fourth-order valence-electron chi connectivity index (χ4n) is 1.90. The second-order valence-electron chi connectivity index (χ2n) is 3.59. The van der Waals surface area contributed by atoms with Crippen LogP contribution in [0.3, 0.4) is 0 Å². The minimum absolute atomic E-state index is 0.0492. The summed E-state index contributed by atoms with van der Waals surface area (Å²) in [7, 11) is 0. The van der Waals surface area contributed by atoms with Gasteiger partial charge in [-0.1, -0.05) is 0 Å². The summed E-state index contributed by atoms with van der Waals surface area (Å²) < 4.78 is 19.0. The topological polar surface area (TPSA) is 60.2 Å². The Morgan fingerprint density at radius 2 is 2.53 bits per heavy atom. The number of rotatable bonds is 3. The Hall–Kier alpha value is -1.04. The van der Waals surface area contributed by atoms with Crippen LogP contribution >= 0.6 is 0 Å². The van der Waals surface area contributed by atoms with E-state index in [2.05, 4.69) is 10.4 Å². The first kappa shape index (κ1) is 10.5. The van der Waals surface area contributed by atoms with Gasteiger partial charge in [0.1, 0.15) is 5.82 Å². The van der Waals surface area contributed by atoms with Crippen molar-refractivity contribution in [2.24, 2.45) is 5.84 Å². The van der Waals surface area contributed by atoms with Gasteiger partial charge in [-0.2, -0.15) is 0 Å². The molecule has 4 nitrogen and oxygen atoms in total. The quantitative estimate of drug-likeness (QED) is 0.576.